The molecular weight excluding hydrogens is 362 g/mol. The number of fused-ring (bicyclic) bond motifs is 1. The van der Waals surface area contributed by atoms with Crippen LogP contribution in [0.3, 0.4) is 0 Å². The number of likely N-dealkylation sites (tertiary alicyclic amines) is 1. The fourth-order valence-electron chi connectivity index (χ4n) is 4.18. The van der Waals surface area contributed by atoms with E-state index < -0.39 is 0 Å². The van der Waals surface area contributed by atoms with E-state index in [0.29, 0.717) is 31.0 Å². The molecule has 0 saturated carbocycles. The average Bonchev–Trinajstić information content (AvgIpc) is 3.41. The summed E-state index contributed by atoms with van der Waals surface area (Å²) in [5.41, 5.74) is 2.62. The van der Waals surface area contributed by atoms with E-state index in [9.17, 15) is 4.79 Å². The summed E-state index contributed by atoms with van der Waals surface area (Å²) in [5.74, 6) is 2.43. The summed E-state index contributed by atoms with van der Waals surface area (Å²) < 4.78 is 14.0. The Morgan fingerprint density at radius 2 is 2.22 bits per heavy atom. The van der Waals surface area contributed by atoms with Crippen molar-refractivity contribution in [3.05, 3.63) is 52.0 Å². The maximum absolute atomic E-state index is 12.9. The van der Waals surface area contributed by atoms with Gasteiger partial charge in [-0.25, -0.2) is 4.98 Å². The predicted molar refractivity (Wildman–Crippen MR) is 102 cm³/mol. The highest BCUT2D eigenvalue weighted by atomic mass is 32.1. The number of furan rings is 1. The van der Waals surface area contributed by atoms with Crippen LogP contribution in [0.25, 0.3) is 11.3 Å². The number of carbonyl (C=O) groups excluding carboxylic acids is 1. The number of ether oxygens (including phenoxy) is 1. The number of amides is 1. The molecule has 1 saturated heterocycles. The van der Waals surface area contributed by atoms with Gasteiger partial charge in [0.1, 0.15) is 29.6 Å². The van der Waals surface area contributed by atoms with Crippen LogP contribution in [-0.4, -0.2) is 39.0 Å². The summed E-state index contributed by atoms with van der Waals surface area (Å²) in [6.07, 6.45) is 2.75. The third kappa shape index (κ3) is 2.73. The molecule has 6 nitrogen and oxygen atoms in total. The molecule has 5 heterocycles. The monoisotopic (exact) mass is 383 g/mol. The van der Waals surface area contributed by atoms with Gasteiger partial charge in [-0.15, -0.1) is 0 Å². The summed E-state index contributed by atoms with van der Waals surface area (Å²) in [7, 11) is 0. The van der Waals surface area contributed by atoms with Gasteiger partial charge in [-0.2, -0.15) is 11.3 Å². The smallest absolute Gasteiger partial charge is 0.257 e. The number of hydrogen-bond acceptors (Lipinski definition) is 5. The Morgan fingerprint density at radius 3 is 2.96 bits per heavy atom. The Kier molecular flexibility index (Phi) is 3.77. The van der Waals surface area contributed by atoms with Crippen molar-refractivity contribution in [2.24, 2.45) is 0 Å². The minimum atomic E-state index is -0.346. The van der Waals surface area contributed by atoms with E-state index in [1.54, 1.807) is 11.3 Å². The van der Waals surface area contributed by atoms with Gasteiger partial charge in [0.15, 0.2) is 0 Å². The predicted octanol–water partition coefficient (Wildman–Crippen LogP) is 3.64. The van der Waals surface area contributed by atoms with Gasteiger partial charge in [-0.05, 0) is 37.8 Å². The molecule has 1 atom stereocenters. The lowest BCUT2D eigenvalue weighted by molar-refractivity contribution is -0.0804. The Bertz CT molecular complexity index is 1000. The molecule has 1 amide bonds. The first kappa shape index (κ1) is 16.8. The van der Waals surface area contributed by atoms with Crippen LogP contribution >= 0.6 is 11.3 Å². The lowest BCUT2D eigenvalue weighted by Gasteiger charge is -2.35. The lowest BCUT2D eigenvalue weighted by atomic mass is 10.0. The molecule has 3 aromatic rings. The zero-order valence-electron chi connectivity index (χ0n) is 15.4. The van der Waals surface area contributed by atoms with Crippen molar-refractivity contribution < 1.29 is 13.9 Å². The highest BCUT2D eigenvalue weighted by Gasteiger charge is 2.45. The number of nitrogens with zero attached hydrogens (tertiary/aromatic N) is 3. The molecule has 0 aromatic carbocycles. The van der Waals surface area contributed by atoms with Gasteiger partial charge in [0.2, 0.25) is 0 Å². The molecule has 2 aliphatic rings. The Hall–Kier alpha value is -2.38. The normalized spacial score (nSPS) is 21.8. The van der Waals surface area contributed by atoms with E-state index in [1.807, 2.05) is 31.0 Å². The summed E-state index contributed by atoms with van der Waals surface area (Å²) in [6.45, 7) is 6.20. The van der Waals surface area contributed by atoms with E-state index in [1.165, 1.54) is 5.56 Å². The van der Waals surface area contributed by atoms with Crippen LogP contribution < -0.4 is 0 Å². The summed E-state index contributed by atoms with van der Waals surface area (Å²) >= 11 is 1.68. The highest BCUT2D eigenvalue weighted by Crippen LogP contribution is 2.36. The quantitative estimate of drug-likeness (QED) is 0.678. The number of carbonyl (C=O) groups is 1. The fraction of sp³-hybridized carbons (Fsp3) is 0.400. The summed E-state index contributed by atoms with van der Waals surface area (Å²) in [6, 6.07) is 3.94. The third-order valence-electron chi connectivity index (χ3n) is 5.58. The maximum atomic E-state index is 12.9. The largest absolute Gasteiger partial charge is 0.466 e. The Labute approximate surface area is 161 Å². The average molecular weight is 383 g/mol. The Balaban J connectivity index is 1.39. The molecule has 1 fully saturated rings. The van der Waals surface area contributed by atoms with Crippen molar-refractivity contribution >= 4 is 17.2 Å². The van der Waals surface area contributed by atoms with Crippen LogP contribution in [0, 0.1) is 13.8 Å². The number of hydrogen-bond donors (Lipinski definition) is 0. The van der Waals surface area contributed by atoms with Gasteiger partial charge >= 0.3 is 0 Å². The number of rotatable bonds is 2. The van der Waals surface area contributed by atoms with Gasteiger partial charge < -0.3 is 18.6 Å². The molecule has 27 heavy (non-hydrogen) atoms. The zero-order chi connectivity index (χ0) is 18.6. The van der Waals surface area contributed by atoms with Crippen LogP contribution in [0.5, 0.6) is 0 Å². The molecule has 7 heteroatoms. The molecule has 5 rings (SSSR count). The molecule has 0 N–H and O–H groups in total. The van der Waals surface area contributed by atoms with Gasteiger partial charge in [0, 0.05) is 17.5 Å². The second kappa shape index (κ2) is 6.07. The minimum Gasteiger partial charge on any atom is -0.466 e. The van der Waals surface area contributed by atoms with Crippen molar-refractivity contribution in [2.75, 3.05) is 13.1 Å². The number of aryl methyl sites for hydroxylation is 2. The topological polar surface area (TPSA) is 60.5 Å². The molecule has 3 aromatic heterocycles. The van der Waals surface area contributed by atoms with Gasteiger partial charge in [-0.3, -0.25) is 4.79 Å². The number of imidazole rings is 1. The molecule has 0 radical (unpaired) electrons. The lowest BCUT2D eigenvalue weighted by Crippen LogP contribution is -2.45. The van der Waals surface area contributed by atoms with Crippen molar-refractivity contribution in [3.63, 3.8) is 0 Å². The van der Waals surface area contributed by atoms with Crippen molar-refractivity contribution in [1.29, 1.82) is 0 Å². The number of thiophene rings is 1. The van der Waals surface area contributed by atoms with E-state index in [2.05, 4.69) is 26.4 Å². The van der Waals surface area contributed by atoms with E-state index in [4.69, 9.17) is 9.15 Å². The maximum Gasteiger partial charge on any atom is 0.257 e. The SMILES string of the molecule is Cc1cc(C(=O)N2CCC3(C2)Cn2c(-c4ccsc4)cnc2CO3)c(C)o1. The number of aromatic nitrogens is 2. The molecule has 1 unspecified atom stereocenters. The van der Waals surface area contributed by atoms with E-state index >= 15 is 0 Å². The van der Waals surface area contributed by atoms with Gasteiger partial charge in [0.05, 0.1) is 30.5 Å². The first-order valence-electron chi connectivity index (χ1n) is 9.12. The molecule has 2 aliphatic heterocycles. The summed E-state index contributed by atoms with van der Waals surface area (Å²) in [5, 5.41) is 4.22. The first-order chi connectivity index (χ1) is 13.0. The zero-order valence-corrected chi connectivity index (χ0v) is 16.2. The van der Waals surface area contributed by atoms with Crippen molar-refractivity contribution in [1.82, 2.24) is 14.5 Å². The standard InChI is InChI=1S/C20H21N3O3S/c1-13-7-16(14(2)26-13)19(24)22-5-4-20(11-22)12-23-17(15-3-6-27-10-15)8-21-18(23)9-25-20/h3,6-8,10H,4-5,9,11-12H2,1-2H3. The van der Waals surface area contributed by atoms with Crippen LogP contribution in [-0.2, 0) is 17.9 Å². The molecule has 0 bridgehead atoms. The van der Waals surface area contributed by atoms with Crippen LogP contribution in [0.4, 0.5) is 0 Å². The molecule has 140 valence electrons. The first-order valence-corrected chi connectivity index (χ1v) is 10.1. The minimum absolute atomic E-state index is 0.0271. The van der Waals surface area contributed by atoms with Crippen molar-refractivity contribution in [2.45, 2.75) is 39.0 Å². The van der Waals surface area contributed by atoms with Crippen LogP contribution in [0.15, 0.2) is 33.5 Å². The molecular formula is C20H21N3O3S. The highest BCUT2D eigenvalue weighted by molar-refractivity contribution is 7.08. The second-order valence-electron chi connectivity index (χ2n) is 7.43. The molecule has 1 spiro atoms. The van der Waals surface area contributed by atoms with Crippen LogP contribution in [0.1, 0.15) is 34.1 Å². The third-order valence-corrected chi connectivity index (χ3v) is 6.27. The molecule has 0 aliphatic carbocycles. The van der Waals surface area contributed by atoms with E-state index in [0.717, 1.165) is 30.2 Å². The van der Waals surface area contributed by atoms with E-state index in [-0.39, 0.29) is 11.5 Å². The second-order valence-corrected chi connectivity index (χ2v) is 8.21. The van der Waals surface area contributed by atoms with Gasteiger partial charge in [-0.1, -0.05) is 0 Å². The van der Waals surface area contributed by atoms with Gasteiger partial charge in [0.25, 0.3) is 5.91 Å². The van der Waals surface area contributed by atoms with Crippen LogP contribution in [0.2, 0.25) is 0 Å². The fourth-order valence-corrected chi connectivity index (χ4v) is 4.83. The van der Waals surface area contributed by atoms with Crippen molar-refractivity contribution in [3.8, 4) is 11.3 Å². The Morgan fingerprint density at radius 1 is 1.33 bits per heavy atom. The summed E-state index contributed by atoms with van der Waals surface area (Å²) in [4.78, 5) is 19.4.